The van der Waals surface area contributed by atoms with Crippen molar-refractivity contribution >= 4 is 76.9 Å². The third kappa shape index (κ3) is 24.0. The summed E-state index contributed by atoms with van der Waals surface area (Å²) in [6.07, 6.45) is -1.20. The van der Waals surface area contributed by atoms with E-state index in [1.54, 1.807) is 6.92 Å². The Morgan fingerprint density at radius 3 is 2.03 bits per heavy atom. The van der Waals surface area contributed by atoms with Gasteiger partial charge in [-0.2, -0.15) is 0 Å². The van der Waals surface area contributed by atoms with E-state index >= 15 is 19.2 Å². The van der Waals surface area contributed by atoms with Gasteiger partial charge in [0, 0.05) is 26.7 Å². The fourth-order valence-electron chi connectivity index (χ4n) is 10.4. The van der Waals surface area contributed by atoms with E-state index in [1.165, 1.54) is 92.0 Å². The highest BCUT2D eigenvalue weighted by Crippen LogP contribution is 2.29. The fourth-order valence-corrected chi connectivity index (χ4v) is 10.4. The SMILES string of the molecule is CC=C(NC(=O)[C@H](NC(=O)CNC(=O)[C@@](C)(O)[C@@H](O)C=CC(C)=C[C@H](C)CC)[C@@H](C)O)C(=O)N[C@H](C(=O)N[C@H]1C(=O)N[C@H](COC)C(=O)NCC(=O)N[C@@H](C)C(=O)N[C@H]([C@@H](C)O)C(=O)N[C@H]([C@H](OC)c2ccc(O)cc2)C(=O)N2CCCC[C@H]2C(=O)O[C@@H]1C(C)C)[C@@H](C)[C@@H](C)C(N)=O. The number of nitrogens with two attached hydrogens (primary N) is 1. The molecule has 98 heavy (non-hydrogen) atoms. The minimum atomic E-state index is -2.45. The molecule has 33 nitrogen and oxygen atoms in total. The molecule has 0 spiro atoms. The number of allylic oxidation sites excluding steroid dienone is 4. The molecule has 0 saturated carbocycles. The van der Waals surface area contributed by atoms with Crippen LogP contribution in [0.3, 0.4) is 0 Å². The summed E-state index contributed by atoms with van der Waals surface area (Å²) in [6, 6.07) is -8.79. The van der Waals surface area contributed by atoms with Gasteiger partial charge in [0.2, 0.25) is 59.1 Å². The number of nitrogens with one attached hydrogen (secondary N) is 10. The third-order valence-electron chi connectivity index (χ3n) is 16.8. The van der Waals surface area contributed by atoms with Gasteiger partial charge in [-0.05, 0) is 96.3 Å². The van der Waals surface area contributed by atoms with Crippen LogP contribution in [0.25, 0.3) is 0 Å². The Balaban J connectivity index is 2.15. The summed E-state index contributed by atoms with van der Waals surface area (Å²) in [4.78, 5) is 184. The second kappa shape index (κ2) is 38.9. The summed E-state index contributed by atoms with van der Waals surface area (Å²) in [5.41, 5.74) is 3.63. The predicted octanol–water partition coefficient (Wildman–Crippen LogP) is -3.47. The lowest BCUT2D eigenvalue weighted by atomic mass is 9.87. The monoisotopic (exact) mass is 1380 g/mol. The molecule has 2 saturated heterocycles. The Labute approximate surface area is 569 Å². The van der Waals surface area contributed by atoms with Crippen LogP contribution in [0, 0.1) is 23.7 Å². The number of hydrogen-bond acceptors (Lipinski definition) is 21. The number of rotatable bonds is 26. The van der Waals surface area contributed by atoms with Crippen LogP contribution in [0.2, 0.25) is 0 Å². The topological polar surface area (TPSA) is 500 Å². The minimum Gasteiger partial charge on any atom is -0.508 e. The number of ether oxygens (including phenoxy) is 3. The molecular weight excluding hydrogens is 1280 g/mol. The molecule has 17 atom stereocenters. The molecular formula is C65H100N12O21. The number of piperidine rings is 1. The number of amides is 12. The molecule has 17 N–H and O–H groups in total. The van der Waals surface area contributed by atoms with Gasteiger partial charge in [-0.15, -0.1) is 0 Å². The van der Waals surface area contributed by atoms with Gasteiger partial charge in [0.1, 0.15) is 78.1 Å². The number of aliphatic hydroxyl groups is 4. The first-order valence-electron chi connectivity index (χ1n) is 32.3. The van der Waals surface area contributed by atoms with Gasteiger partial charge in [0.25, 0.3) is 11.8 Å². The van der Waals surface area contributed by atoms with Gasteiger partial charge in [-0.1, -0.05) is 90.0 Å². The maximum atomic E-state index is 15.3. The quantitative estimate of drug-likeness (QED) is 0.0243. The number of carbonyl (C=O) groups excluding carboxylic acids is 13. The van der Waals surface area contributed by atoms with E-state index in [2.05, 4.69) is 53.2 Å². The van der Waals surface area contributed by atoms with Crippen molar-refractivity contribution in [3.8, 4) is 5.75 Å². The molecule has 33 heteroatoms. The number of nitrogens with zero attached hydrogens (tertiary/aromatic N) is 1. The zero-order chi connectivity index (χ0) is 74.2. The van der Waals surface area contributed by atoms with E-state index < -0.39 is 204 Å². The lowest BCUT2D eigenvalue weighted by Crippen LogP contribution is -2.64. The number of methoxy groups -OCH3 is 2. The third-order valence-corrected chi connectivity index (χ3v) is 16.8. The number of aliphatic hydroxyl groups excluding tert-OH is 3. The molecule has 0 radical (unpaired) electrons. The molecule has 1 aromatic carbocycles. The first-order chi connectivity index (χ1) is 45.9. The second-order valence-electron chi connectivity index (χ2n) is 25.1. The number of cyclic esters (lactones) is 1. The van der Waals surface area contributed by atoms with Gasteiger partial charge < -0.3 is 104 Å². The molecule has 3 rings (SSSR count). The summed E-state index contributed by atoms with van der Waals surface area (Å²) >= 11 is 0. The molecule has 0 aliphatic carbocycles. The van der Waals surface area contributed by atoms with Crippen molar-refractivity contribution in [1.29, 1.82) is 0 Å². The van der Waals surface area contributed by atoms with Crippen LogP contribution >= 0.6 is 0 Å². The number of fused-ring (bicyclic) bond motifs is 1. The molecule has 12 amide bonds. The van der Waals surface area contributed by atoms with E-state index in [0.29, 0.717) is 12.8 Å². The zero-order valence-corrected chi connectivity index (χ0v) is 57.9. The summed E-state index contributed by atoms with van der Waals surface area (Å²) in [7, 11) is 2.36. The molecule has 0 unspecified atom stereocenters. The van der Waals surface area contributed by atoms with Crippen LogP contribution in [-0.2, 0) is 76.5 Å². The fraction of sp³-hybridized carbons (Fsp3) is 0.615. The van der Waals surface area contributed by atoms with Crippen molar-refractivity contribution < 1.29 is 102 Å². The van der Waals surface area contributed by atoms with E-state index in [-0.39, 0.29) is 30.2 Å². The Morgan fingerprint density at radius 2 is 1.47 bits per heavy atom. The largest absolute Gasteiger partial charge is 0.508 e. The van der Waals surface area contributed by atoms with Crippen LogP contribution in [0.4, 0.5) is 0 Å². The molecule has 2 heterocycles. The van der Waals surface area contributed by atoms with Gasteiger partial charge in [-0.3, -0.25) is 57.5 Å². The molecule has 1 aromatic rings. The van der Waals surface area contributed by atoms with Crippen LogP contribution in [0.1, 0.15) is 120 Å². The standard InChI is InChI=1S/C65H100N12O21/c1-15-32(5)27-33(6)20-25-44(81)65(12,95)64(94)68-29-46(83)72-48(37(10)78)59(89)70-41(16-2)57(87)73-47(34(7)35(8)54(66)84)58(88)75-50-52(31(3)4)98-63(93)43-19-17-18-26-77(43)62(92)51(53(97-14)39-21-23-40(80)24-22-39)76-60(90)49(38(11)79)74-55(85)36(9)69-45(82)28-67-56(86)42(30-96-13)71-61(50)91/h16,20-25,27,31-32,34-38,42-44,47-53,78-81,95H,15,17-19,26,28-30H2,1-14H3,(H2,66,84)(H,67,86)(H,68,94)(H,69,82)(H,70,89)(H,71,91)(H,72,83)(H,73,87)(H,74,85)(H,75,88)(H,76,90)/t32-,34+,35-,36+,37-,38-,42-,43+,44+,47+,48-,49-,50-,51-,52-,53-,65+/m1/s1. The average Bonchev–Trinajstić information content (AvgIpc) is 0.801. The summed E-state index contributed by atoms with van der Waals surface area (Å²) in [5, 5.41) is 76.9. The van der Waals surface area contributed by atoms with Crippen LogP contribution < -0.4 is 58.9 Å². The van der Waals surface area contributed by atoms with Crippen molar-refractivity contribution in [3.05, 3.63) is 65.4 Å². The van der Waals surface area contributed by atoms with E-state index in [9.17, 15) is 68.7 Å². The number of phenolic OH excluding ortho intramolecular Hbond substituents is 1. The summed E-state index contributed by atoms with van der Waals surface area (Å²) in [5.74, 6) is -18.1. The number of phenols is 1. The molecule has 2 aliphatic rings. The highest BCUT2D eigenvalue weighted by atomic mass is 16.5. The first-order valence-corrected chi connectivity index (χ1v) is 32.3. The zero-order valence-electron chi connectivity index (χ0n) is 57.9. The van der Waals surface area contributed by atoms with Crippen molar-refractivity contribution in [1.82, 2.24) is 58.1 Å². The highest BCUT2D eigenvalue weighted by molar-refractivity contribution is 6.03. The van der Waals surface area contributed by atoms with Gasteiger partial charge in [0.05, 0.1) is 31.9 Å². The maximum Gasteiger partial charge on any atom is 0.329 e. The maximum absolute atomic E-state index is 15.3. The highest BCUT2D eigenvalue weighted by Gasteiger charge is 2.47. The average molecular weight is 1390 g/mol. The second-order valence-corrected chi connectivity index (χ2v) is 25.1. The van der Waals surface area contributed by atoms with Crippen LogP contribution in [0.5, 0.6) is 5.75 Å². The summed E-state index contributed by atoms with van der Waals surface area (Å²) in [6.45, 7) is 14.6. The number of primary amides is 1. The normalized spacial score (nSPS) is 24.1. The van der Waals surface area contributed by atoms with E-state index in [1.807, 2.05) is 19.9 Å². The Morgan fingerprint density at radius 1 is 0.837 bits per heavy atom. The molecule has 0 aromatic heterocycles. The van der Waals surface area contributed by atoms with Crippen LogP contribution in [-0.4, -0.2) is 226 Å². The van der Waals surface area contributed by atoms with Crippen molar-refractivity contribution in [2.24, 2.45) is 29.4 Å². The lowest BCUT2D eigenvalue weighted by molar-refractivity contribution is -0.168. The van der Waals surface area contributed by atoms with Crippen LogP contribution in [0.15, 0.2) is 59.8 Å². The molecule has 2 fully saturated rings. The smallest absolute Gasteiger partial charge is 0.329 e. The predicted molar refractivity (Wildman–Crippen MR) is 351 cm³/mol. The van der Waals surface area contributed by atoms with E-state index in [4.69, 9.17) is 19.9 Å². The Kier molecular flexibility index (Phi) is 33.1. The summed E-state index contributed by atoms with van der Waals surface area (Å²) < 4.78 is 17.3. The lowest BCUT2D eigenvalue weighted by Gasteiger charge is -2.40. The number of benzene rings is 1. The number of esters is 1. The number of carbonyl (C=O) groups is 13. The Hall–Kier alpha value is -8.89. The number of hydrogen-bond donors (Lipinski definition) is 16. The van der Waals surface area contributed by atoms with Crippen molar-refractivity contribution in [3.63, 3.8) is 0 Å². The van der Waals surface area contributed by atoms with Gasteiger partial charge in [-0.25, -0.2) is 4.79 Å². The van der Waals surface area contributed by atoms with Crippen molar-refractivity contribution in [2.45, 2.75) is 193 Å². The van der Waals surface area contributed by atoms with Gasteiger partial charge in [0.15, 0.2) is 5.60 Å². The van der Waals surface area contributed by atoms with Gasteiger partial charge >= 0.3 is 5.97 Å². The van der Waals surface area contributed by atoms with Crippen molar-refractivity contribution in [2.75, 3.05) is 40.5 Å². The molecule has 546 valence electrons. The van der Waals surface area contributed by atoms with E-state index in [0.717, 1.165) is 43.9 Å². The molecule has 0 bridgehead atoms. The Bertz CT molecular complexity index is 3100. The number of aromatic hydroxyl groups is 1. The molecule has 2 aliphatic heterocycles. The first kappa shape index (κ1) is 83.3. The minimum absolute atomic E-state index is 0.0868.